The average Bonchev–Trinajstić information content (AvgIpc) is 2.66. The molecule has 0 amide bonds. The second kappa shape index (κ2) is 7.32. The fourth-order valence-electron chi connectivity index (χ4n) is 4.42. The molecule has 2 aromatic rings. The van der Waals surface area contributed by atoms with Gasteiger partial charge >= 0.3 is 0 Å². The highest BCUT2D eigenvalue weighted by atomic mass is 32.2. The summed E-state index contributed by atoms with van der Waals surface area (Å²) < 4.78 is 55.1. The molecule has 0 aromatic heterocycles. The van der Waals surface area contributed by atoms with Crippen LogP contribution in [0.3, 0.4) is 0 Å². The van der Waals surface area contributed by atoms with Crippen LogP contribution in [0, 0.1) is 13.8 Å². The molecule has 2 aliphatic rings. The summed E-state index contributed by atoms with van der Waals surface area (Å²) in [5.41, 5.74) is 3.47. The molecule has 6 nitrogen and oxygen atoms in total. The van der Waals surface area contributed by atoms with Crippen LogP contribution in [0.5, 0.6) is 0 Å². The third kappa shape index (κ3) is 3.53. The minimum absolute atomic E-state index is 0.135. The predicted molar refractivity (Wildman–Crippen MR) is 116 cm³/mol. The molecule has 1 fully saturated rings. The van der Waals surface area contributed by atoms with Gasteiger partial charge in [-0.3, -0.25) is 8.61 Å². The lowest BCUT2D eigenvalue weighted by Crippen LogP contribution is -2.38. The smallest absolute Gasteiger partial charge is 0.264 e. The van der Waals surface area contributed by atoms with Crippen molar-refractivity contribution in [1.29, 1.82) is 0 Å². The number of anilines is 2. The van der Waals surface area contributed by atoms with Gasteiger partial charge in [0.15, 0.2) is 0 Å². The van der Waals surface area contributed by atoms with Gasteiger partial charge in [-0.1, -0.05) is 18.2 Å². The van der Waals surface area contributed by atoms with Gasteiger partial charge in [0, 0.05) is 13.1 Å². The van der Waals surface area contributed by atoms with Crippen molar-refractivity contribution >= 4 is 31.4 Å². The molecule has 0 saturated carbocycles. The van der Waals surface area contributed by atoms with Gasteiger partial charge in [0.1, 0.15) is 0 Å². The van der Waals surface area contributed by atoms with Crippen molar-refractivity contribution in [2.45, 2.75) is 44.4 Å². The number of rotatable bonds is 3. The van der Waals surface area contributed by atoms with Gasteiger partial charge in [0.25, 0.3) is 10.0 Å². The maximum Gasteiger partial charge on any atom is 0.264 e. The van der Waals surface area contributed by atoms with Gasteiger partial charge in [-0.2, -0.15) is 0 Å². The molecule has 0 aliphatic carbocycles. The number of sulfonamides is 2. The molecule has 2 aromatic carbocycles. The van der Waals surface area contributed by atoms with E-state index in [1.165, 1.54) is 8.61 Å². The SMILES string of the molecule is Cc1cc(N2CCCCS2(=O)=O)cc(C)c1S(=O)(=O)N1CCCc2ccccc21. The average molecular weight is 435 g/mol. The van der Waals surface area contributed by atoms with Gasteiger partial charge in [-0.25, -0.2) is 16.8 Å². The van der Waals surface area contributed by atoms with E-state index >= 15 is 0 Å². The molecule has 4 rings (SSSR count). The fraction of sp³-hybridized carbons (Fsp3) is 0.429. The van der Waals surface area contributed by atoms with E-state index in [9.17, 15) is 16.8 Å². The Morgan fingerprint density at radius 1 is 0.931 bits per heavy atom. The Morgan fingerprint density at radius 2 is 1.62 bits per heavy atom. The molecule has 0 unspecified atom stereocenters. The first-order valence-corrected chi connectivity index (χ1v) is 13.0. The summed E-state index contributed by atoms with van der Waals surface area (Å²) in [6.45, 7) is 4.37. The third-order valence-electron chi connectivity index (χ3n) is 5.70. The summed E-state index contributed by atoms with van der Waals surface area (Å²) in [5.74, 6) is 0.135. The molecule has 2 aliphatic heterocycles. The van der Waals surface area contributed by atoms with Crippen LogP contribution in [-0.2, 0) is 26.5 Å². The summed E-state index contributed by atoms with van der Waals surface area (Å²) >= 11 is 0. The topological polar surface area (TPSA) is 74.8 Å². The molecule has 1 saturated heterocycles. The van der Waals surface area contributed by atoms with Gasteiger partial charge < -0.3 is 0 Å². The molecule has 29 heavy (non-hydrogen) atoms. The van der Waals surface area contributed by atoms with E-state index in [2.05, 4.69) is 0 Å². The Bertz CT molecular complexity index is 1130. The summed E-state index contributed by atoms with van der Waals surface area (Å²) in [7, 11) is -7.09. The lowest BCUT2D eigenvalue weighted by Gasteiger charge is -2.32. The summed E-state index contributed by atoms with van der Waals surface area (Å²) in [6.07, 6.45) is 3.12. The molecular weight excluding hydrogens is 408 g/mol. The largest absolute Gasteiger partial charge is 0.270 e. The zero-order valence-corrected chi connectivity index (χ0v) is 18.4. The lowest BCUT2D eigenvalue weighted by molar-refractivity contribution is 0.574. The molecule has 156 valence electrons. The number of aryl methyl sites for hydroxylation is 3. The first kappa shape index (κ1) is 20.2. The first-order chi connectivity index (χ1) is 13.7. The number of nitrogens with zero attached hydrogens (tertiary/aromatic N) is 2. The van der Waals surface area contributed by atoms with Crippen molar-refractivity contribution in [2.24, 2.45) is 0 Å². The van der Waals surface area contributed by atoms with Crippen LogP contribution in [0.15, 0.2) is 41.3 Å². The normalized spacial score (nSPS) is 19.1. The Labute approximate surface area is 173 Å². The van der Waals surface area contributed by atoms with Gasteiger partial charge in [-0.15, -0.1) is 0 Å². The number of benzene rings is 2. The van der Waals surface area contributed by atoms with Gasteiger partial charge in [0.2, 0.25) is 10.0 Å². The zero-order chi connectivity index (χ0) is 20.8. The predicted octanol–water partition coefficient (Wildman–Crippen LogP) is 3.37. The summed E-state index contributed by atoms with van der Waals surface area (Å²) in [6, 6.07) is 11.0. The Morgan fingerprint density at radius 3 is 2.31 bits per heavy atom. The van der Waals surface area contributed by atoms with Gasteiger partial charge in [-0.05, 0) is 74.4 Å². The molecule has 2 heterocycles. The first-order valence-electron chi connectivity index (χ1n) is 9.94. The van der Waals surface area contributed by atoms with Crippen molar-refractivity contribution in [2.75, 3.05) is 27.5 Å². The molecule has 0 spiro atoms. The van der Waals surface area contributed by atoms with Crippen LogP contribution in [-0.4, -0.2) is 35.7 Å². The highest BCUT2D eigenvalue weighted by Gasteiger charge is 2.33. The monoisotopic (exact) mass is 434 g/mol. The minimum atomic E-state index is -3.75. The van der Waals surface area contributed by atoms with Gasteiger partial charge in [0.05, 0.1) is 22.0 Å². The van der Waals surface area contributed by atoms with Crippen molar-refractivity contribution in [3.8, 4) is 0 Å². The molecule has 0 radical (unpaired) electrons. The quantitative estimate of drug-likeness (QED) is 0.742. The van der Waals surface area contributed by atoms with Crippen molar-refractivity contribution in [1.82, 2.24) is 0 Å². The zero-order valence-electron chi connectivity index (χ0n) is 16.8. The second-order valence-corrected chi connectivity index (χ2v) is 11.6. The highest BCUT2D eigenvalue weighted by Crippen LogP contribution is 2.36. The van der Waals surface area contributed by atoms with E-state index in [0.29, 0.717) is 36.3 Å². The maximum absolute atomic E-state index is 13.6. The summed E-state index contributed by atoms with van der Waals surface area (Å²) in [4.78, 5) is 0.271. The second-order valence-electron chi connectivity index (χ2n) is 7.81. The van der Waals surface area contributed by atoms with E-state index in [4.69, 9.17) is 0 Å². The van der Waals surface area contributed by atoms with Crippen LogP contribution >= 0.6 is 0 Å². The molecule has 8 heteroatoms. The highest BCUT2D eigenvalue weighted by molar-refractivity contribution is 7.93. The molecular formula is C21H26N2O4S2. The van der Waals surface area contributed by atoms with Crippen molar-refractivity contribution < 1.29 is 16.8 Å². The number of fused-ring (bicyclic) bond motifs is 1. The van der Waals surface area contributed by atoms with E-state index in [-0.39, 0.29) is 10.6 Å². The Hall–Kier alpha value is -2.06. The third-order valence-corrected chi connectivity index (χ3v) is 9.69. The van der Waals surface area contributed by atoms with Crippen LogP contribution in [0.4, 0.5) is 11.4 Å². The number of hydrogen-bond donors (Lipinski definition) is 0. The molecule has 0 N–H and O–H groups in total. The van der Waals surface area contributed by atoms with Crippen LogP contribution in [0.1, 0.15) is 36.0 Å². The Balaban J connectivity index is 1.78. The van der Waals surface area contributed by atoms with E-state index in [0.717, 1.165) is 30.5 Å². The fourth-order valence-corrected chi connectivity index (χ4v) is 8.00. The van der Waals surface area contributed by atoms with Crippen LogP contribution in [0.25, 0.3) is 0 Å². The van der Waals surface area contributed by atoms with E-state index in [1.807, 2.05) is 24.3 Å². The van der Waals surface area contributed by atoms with Crippen LogP contribution in [0.2, 0.25) is 0 Å². The van der Waals surface area contributed by atoms with Crippen molar-refractivity contribution in [3.05, 3.63) is 53.1 Å². The summed E-state index contributed by atoms with van der Waals surface area (Å²) in [5, 5.41) is 0. The molecule has 0 bridgehead atoms. The number of para-hydroxylation sites is 1. The number of hydrogen-bond acceptors (Lipinski definition) is 4. The minimum Gasteiger partial charge on any atom is -0.270 e. The standard InChI is InChI=1S/C21H26N2O4S2/c1-16-14-19(22-11-5-6-13-28(22,24)25)15-17(2)21(16)29(26,27)23-12-7-9-18-8-3-4-10-20(18)23/h3-4,8,10,14-15H,5-7,9,11-13H2,1-2H3. The van der Waals surface area contributed by atoms with E-state index < -0.39 is 20.0 Å². The molecule has 0 atom stereocenters. The van der Waals surface area contributed by atoms with Crippen LogP contribution < -0.4 is 8.61 Å². The van der Waals surface area contributed by atoms with E-state index in [1.54, 1.807) is 26.0 Å². The van der Waals surface area contributed by atoms with Crippen molar-refractivity contribution in [3.63, 3.8) is 0 Å². The Kier molecular flexibility index (Phi) is 5.11. The lowest BCUT2D eigenvalue weighted by atomic mass is 10.0. The maximum atomic E-state index is 13.6.